The van der Waals surface area contributed by atoms with Crippen LogP contribution in [0.2, 0.25) is 0 Å². The van der Waals surface area contributed by atoms with Crippen LogP contribution in [0.3, 0.4) is 0 Å². The molecule has 1 fully saturated rings. The zero-order valence-electron chi connectivity index (χ0n) is 14.9. The van der Waals surface area contributed by atoms with Gasteiger partial charge >= 0.3 is 0 Å². The van der Waals surface area contributed by atoms with Crippen molar-refractivity contribution in [1.29, 1.82) is 0 Å². The number of sulfonamides is 1. The van der Waals surface area contributed by atoms with Crippen molar-refractivity contribution < 1.29 is 17.2 Å². The van der Waals surface area contributed by atoms with Crippen LogP contribution in [0, 0.1) is 25.5 Å². The van der Waals surface area contributed by atoms with Crippen LogP contribution in [0.5, 0.6) is 0 Å². The Hall–Kier alpha value is -1.83. The summed E-state index contributed by atoms with van der Waals surface area (Å²) in [5, 5.41) is 0. The molecule has 140 valence electrons. The molecule has 2 aromatic rings. The maximum absolute atomic E-state index is 13.9. The third-order valence-electron chi connectivity index (χ3n) is 4.53. The van der Waals surface area contributed by atoms with Gasteiger partial charge in [-0.25, -0.2) is 17.2 Å². The number of hydrogen-bond donors (Lipinski definition) is 0. The van der Waals surface area contributed by atoms with Crippen molar-refractivity contribution in [2.45, 2.75) is 25.3 Å². The Balaban J connectivity index is 1.69. The van der Waals surface area contributed by atoms with Crippen molar-refractivity contribution in [2.75, 3.05) is 26.2 Å². The highest BCUT2D eigenvalue weighted by Crippen LogP contribution is 2.22. The molecule has 0 atom stereocenters. The van der Waals surface area contributed by atoms with Gasteiger partial charge in [0.1, 0.15) is 16.5 Å². The van der Waals surface area contributed by atoms with E-state index in [4.69, 9.17) is 0 Å². The first-order chi connectivity index (χ1) is 12.3. The molecule has 1 saturated heterocycles. The highest BCUT2D eigenvalue weighted by atomic mass is 32.2. The van der Waals surface area contributed by atoms with Crippen LogP contribution in [0.4, 0.5) is 8.78 Å². The molecule has 0 radical (unpaired) electrons. The van der Waals surface area contributed by atoms with Crippen molar-refractivity contribution in [2.24, 2.45) is 0 Å². The fourth-order valence-electron chi connectivity index (χ4n) is 3.36. The number of piperazine rings is 1. The van der Waals surface area contributed by atoms with Crippen molar-refractivity contribution in [3.63, 3.8) is 0 Å². The molecule has 3 rings (SSSR count). The average Bonchev–Trinajstić information content (AvgIpc) is 2.56. The van der Waals surface area contributed by atoms with E-state index >= 15 is 0 Å². The summed E-state index contributed by atoms with van der Waals surface area (Å²) in [5.74, 6) is -1.69. The lowest BCUT2D eigenvalue weighted by Gasteiger charge is -2.34. The molecule has 0 unspecified atom stereocenters. The van der Waals surface area contributed by atoms with Gasteiger partial charge in [-0.2, -0.15) is 4.31 Å². The van der Waals surface area contributed by atoms with E-state index in [1.54, 1.807) is 0 Å². The Morgan fingerprint density at radius 1 is 0.923 bits per heavy atom. The van der Waals surface area contributed by atoms with Gasteiger partial charge in [0.15, 0.2) is 0 Å². The number of nitrogens with zero attached hydrogens (tertiary/aromatic N) is 2. The van der Waals surface area contributed by atoms with E-state index in [0.717, 1.165) is 24.7 Å². The van der Waals surface area contributed by atoms with Gasteiger partial charge in [-0.15, -0.1) is 0 Å². The normalized spacial score (nSPS) is 16.8. The van der Waals surface area contributed by atoms with Crippen LogP contribution in [0.25, 0.3) is 0 Å². The molecular formula is C19H22F2N2O2S. The standard InChI is InChI=1S/C19H22F2N2O2S/c1-14-9-15(2)11-16(10-14)13-22-5-7-23(8-6-22)26(24,25)19-12-17(20)3-4-18(19)21/h3-4,9-12H,5-8,13H2,1-2H3. The minimum Gasteiger partial charge on any atom is -0.296 e. The number of halogens is 2. The lowest BCUT2D eigenvalue weighted by Crippen LogP contribution is -2.48. The number of hydrogen-bond acceptors (Lipinski definition) is 3. The first-order valence-electron chi connectivity index (χ1n) is 8.50. The predicted octanol–water partition coefficient (Wildman–Crippen LogP) is 3.09. The van der Waals surface area contributed by atoms with Gasteiger partial charge in [-0.05, 0) is 37.6 Å². The molecule has 0 aliphatic carbocycles. The van der Waals surface area contributed by atoms with Crippen LogP contribution < -0.4 is 0 Å². The summed E-state index contributed by atoms with van der Waals surface area (Å²) in [4.78, 5) is 1.57. The lowest BCUT2D eigenvalue weighted by molar-refractivity contribution is 0.181. The summed E-state index contributed by atoms with van der Waals surface area (Å²) >= 11 is 0. The minimum absolute atomic E-state index is 0.253. The smallest absolute Gasteiger partial charge is 0.246 e. The molecule has 4 nitrogen and oxygen atoms in total. The Morgan fingerprint density at radius 2 is 1.54 bits per heavy atom. The van der Waals surface area contributed by atoms with E-state index in [1.807, 2.05) is 0 Å². The second-order valence-corrected chi connectivity index (χ2v) is 8.66. The number of rotatable bonds is 4. The second kappa shape index (κ2) is 7.42. The first kappa shape index (κ1) is 18.9. The molecule has 1 aliphatic rings. The Kier molecular flexibility index (Phi) is 5.41. The summed E-state index contributed by atoms with van der Waals surface area (Å²) in [6, 6.07) is 8.86. The van der Waals surface area contributed by atoms with Gasteiger partial charge in [0.2, 0.25) is 10.0 Å². The van der Waals surface area contributed by atoms with E-state index in [-0.39, 0.29) is 13.1 Å². The largest absolute Gasteiger partial charge is 0.296 e. The van der Waals surface area contributed by atoms with Crippen LogP contribution in [-0.4, -0.2) is 43.8 Å². The fourth-order valence-corrected chi connectivity index (χ4v) is 4.86. The zero-order chi connectivity index (χ0) is 18.9. The maximum atomic E-state index is 13.9. The molecule has 0 aromatic heterocycles. The first-order valence-corrected chi connectivity index (χ1v) is 9.94. The third kappa shape index (κ3) is 4.11. The highest BCUT2D eigenvalue weighted by Gasteiger charge is 2.31. The van der Waals surface area contributed by atoms with Crippen LogP contribution in [0.1, 0.15) is 16.7 Å². The molecule has 0 N–H and O–H groups in total. The predicted molar refractivity (Wildman–Crippen MR) is 96.3 cm³/mol. The van der Waals surface area contributed by atoms with Gasteiger partial charge < -0.3 is 0 Å². The minimum atomic E-state index is -4.03. The highest BCUT2D eigenvalue weighted by molar-refractivity contribution is 7.89. The van der Waals surface area contributed by atoms with E-state index in [1.165, 1.54) is 21.0 Å². The molecule has 26 heavy (non-hydrogen) atoms. The molecule has 1 heterocycles. The number of benzene rings is 2. The summed E-state index contributed by atoms with van der Waals surface area (Å²) in [6.07, 6.45) is 0. The topological polar surface area (TPSA) is 40.6 Å². The van der Waals surface area contributed by atoms with Crippen molar-refractivity contribution in [3.8, 4) is 0 Å². The number of aryl methyl sites for hydroxylation is 2. The molecule has 0 saturated carbocycles. The van der Waals surface area contributed by atoms with Gasteiger partial charge in [0, 0.05) is 32.7 Å². The Morgan fingerprint density at radius 3 is 2.15 bits per heavy atom. The maximum Gasteiger partial charge on any atom is 0.246 e. The molecule has 0 amide bonds. The average molecular weight is 380 g/mol. The molecular weight excluding hydrogens is 358 g/mol. The summed E-state index contributed by atoms with van der Waals surface area (Å²) in [5.41, 5.74) is 3.58. The van der Waals surface area contributed by atoms with Crippen LogP contribution in [-0.2, 0) is 16.6 Å². The van der Waals surface area contributed by atoms with Gasteiger partial charge in [-0.3, -0.25) is 4.90 Å². The quantitative estimate of drug-likeness (QED) is 0.819. The molecule has 0 spiro atoms. The Bertz CT molecular complexity index is 888. The summed E-state index contributed by atoms with van der Waals surface area (Å²) < 4.78 is 53.7. The summed E-state index contributed by atoms with van der Waals surface area (Å²) in [7, 11) is -4.03. The van der Waals surface area contributed by atoms with E-state index in [0.29, 0.717) is 13.1 Å². The van der Waals surface area contributed by atoms with E-state index in [9.17, 15) is 17.2 Å². The van der Waals surface area contributed by atoms with E-state index < -0.39 is 26.6 Å². The molecule has 0 bridgehead atoms. The van der Waals surface area contributed by atoms with Crippen molar-refractivity contribution >= 4 is 10.0 Å². The SMILES string of the molecule is Cc1cc(C)cc(CN2CCN(S(=O)(=O)c3cc(F)ccc3F)CC2)c1. The molecule has 2 aromatic carbocycles. The van der Waals surface area contributed by atoms with E-state index in [2.05, 4.69) is 36.9 Å². The van der Waals surface area contributed by atoms with Gasteiger partial charge in [0.05, 0.1) is 0 Å². The zero-order valence-corrected chi connectivity index (χ0v) is 15.7. The monoisotopic (exact) mass is 380 g/mol. The molecule has 7 heteroatoms. The second-order valence-electron chi connectivity index (χ2n) is 6.75. The van der Waals surface area contributed by atoms with Gasteiger partial charge in [0.25, 0.3) is 0 Å². The van der Waals surface area contributed by atoms with Crippen LogP contribution in [0.15, 0.2) is 41.3 Å². The summed E-state index contributed by atoms with van der Waals surface area (Å²) in [6.45, 7) is 6.44. The fraction of sp³-hybridized carbons (Fsp3) is 0.368. The Labute approximate surface area is 153 Å². The van der Waals surface area contributed by atoms with Crippen molar-refractivity contribution in [1.82, 2.24) is 9.21 Å². The van der Waals surface area contributed by atoms with Gasteiger partial charge in [-0.1, -0.05) is 29.3 Å². The third-order valence-corrected chi connectivity index (χ3v) is 6.44. The molecule has 1 aliphatic heterocycles. The lowest BCUT2D eigenvalue weighted by atomic mass is 10.1. The van der Waals surface area contributed by atoms with Crippen LogP contribution >= 0.6 is 0 Å². The van der Waals surface area contributed by atoms with Crippen molar-refractivity contribution in [3.05, 3.63) is 64.7 Å².